The van der Waals surface area contributed by atoms with Gasteiger partial charge in [-0.2, -0.15) is 0 Å². The minimum Gasteiger partial charge on any atom is -0.466 e. The molecule has 1 fully saturated rings. The van der Waals surface area contributed by atoms with Crippen molar-refractivity contribution >= 4 is 5.97 Å². The Morgan fingerprint density at radius 2 is 2.08 bits per heavy atom. The Kier molecular flexibility index (Phi) is 3.48. The van der Waals surface area contributed by atoms with Crippen molar-refractivity contribution in [1.82, 2.24) is 0 Å². The van der Waals surface area contributed by atoms with E-state index < -0.39 is 0 Å². The molecular formula is C10H16O3. The quantitative estimate of drug-likeness (QED) is 0.482. The fraction of sp³-hybridized carbons (Fsp3) is 0.700. The topological polar surface area (TPSA) is 35.5 Å². The number of methoxy groups -OCH3 is 1. The highest BCUT2D eigenvalue weighted by atomic mass is 16.5. The molecule has 0 aromatic carbocycles. The van der Waals surface area contributed by atoms with Crippen molar-refractivity contribution in [2.24, 2.45) is 5.41 Å². The molecule has 13 heavy (non-hydrogen) atoms. The third-order valence-corrected chi connectivity index (χ3v) is 2.46. The van der Waals surface area contributed by atoms with E-state index in [-0.39, 0.29) is 11.4 Å². The van der Waals surface area contributed by atoms with Crippen molar-refractivity contribution in [2.75, 3.05) is 20.3 Å². The maximum Gasteiger partial charge on any atom is 0.330 e. The number of carbonyl (C=O) groups is 1. The van der Waals surface area contributed by atoms with Crippen LogP contribution in [0, 0.1) is 5.41 Å². The number of rotatable bonds is 2. The number of allylic oxidation sites excluding steroid dienone is 1. The molecule has 1 aliphatic heterocycles. The fourth-order valence-corrected chi connectivity index (χ4v) is 1.34. The number of ether oxygens (including phenoxy) is 2. The third kappa shape index (κ3) is 3.19. The first-order valence-corrected chi connectivity index (χ1v) is 4.51. The van der Waals surface area contributed by atoms with Crippen molar-refractivity contribution < 1.29 is 14.3 Å². The molecule has 3 heteroatoms. The Hall–Kier alpha value is -0.830. The lowest BCUT2D eigenvalue weighted by molar-refractivity contribution is -0.134. The molecule has 0 atom stereocenters. The lowest BCUT2D eigenvalue weighted by Crippen LogP contribution is -2.24. The van der Waals surface area contributed by atoms with Gasteiger partial charge in [-0.3, -0.25) is 0 Å². The summed E-state index contributed by atoms with van der Waals surface area (Å²) in [6.07, 6.45) is 5.38. The van der Waals surface area contributed by atoms with Gasteiger partial charge in [-0.1, -0.05) is 13.0 Å². The largest absolute Gasteiger partial charge is 0.466 e. The Balaban J connectivity index is 2.49. The molecule has 3 nitrogen and oxygen atoms in total. The van der Waals surface area contributed by atoms with Gasteiger partial charge in [-0.05, 0) is 18.3 Å². The zero-order valence-electron chi connectivity index (χ0n) is 8.21. The van der Waals surface area contributed by atoms with Crippen LogP contribution in [0.15, 0.2) is 12.2 Å². The molecule has 1 heterocycles. The van der Waals surface area contributed by atoms with Gasteiger partial charge in [0.25, 0.3) is 0 Å². The first kappa shape index (κ1) is 10.3. The highest BCUT2D eigenvalue weighted by Crippen LogP contribution is 2.30. The minimum absolute atomic E-state index is 0.104. The van der Waals surface area contributed by atoms with E-state index in [1.165, 1.54) is 13.2 Å². The highest BCUT2D eigenvalue weighted by molar-refractivity contribution is 5.81. The van der Waals surface area contributed by atoms with E-state index in [0.717, 1.165) is 26.1 Å². The van der Waals surface area contributed by atoms with Crippen LogP contribution < -0.4 is 0 Å². The van der Waals surface area contributed by atoms with Crippen LogP contribution in [0.1, 0.15) is 19.8 Å². The average Bonchev–Trinajstić information content (AvgIpc) is 2.15. The summed E-state index contributed by atoms with van der Waals surface area (Å²) in [6.45, 7) is 3.69. The lowest BCUT2D eigenvalue weighted by atomic mass is 9.82. The molecule has 0 radical (unpaired) electrons. The summed E-state index contributed by atoms with van der Waals surface area (Å²) in [4.78, 5) is 10.9. The van der Waals surface area contributed by atoms with Crippen molar-refractivity contribution in [2.45, 2.75) is 19.8 Å². The summed E-state index contributed by atoms with van der Waals surface area (Å²) in [5.74, 6) is -0.285. The number of hydrogen-bond acceptors (Lipinski definition) is 3. The molecule has 0 N–H and O–H groups in total. The second-order valence-electron chi connectivity index (χ2n) is 3.62. The summed E-state index contributed by atoms with van der Waals surface area (Å²) >= 11 is 0. The number of carbonyl (C=O) groups excluding carboxylic acids is 1. The van der Waals surface area contributed by atoms with Gasteiger partial charge < -0.3 is 9.47 Å². The molecule has 1 saturated heterocycles. The minimum atomic E-state index is -0.285. The number of hydrogen-bond donors (Lipinski definition) is 0. The normalized spacial score (nSPS) is 21.7. The van der Waals surface area contributed by atoms with Gasteiger partial charge in [0.15, 0.2) is 0 Å². The molecular weight excluding hydrogens is 168 g/mol. The van der Waals surface area contributed by atoms with Crippen molar-refractivity contribution in [1.29, 1.82) is 0 Å². The highest BCUT2D eigenvalue weighted by Gasteiger charge is 2.24. The summed E-state index contributed by atoms with van der Waals surface area (Å²) in [5, 5.41) is 0. The zero-order chi connectivity index (χ0) is 9.73. The fourth-order valence-electron chi connectivity index (χ4n) is 1.34. The molecule has 0 bridgehead atoms. The van der Waals surface area contributed by atoms with Crippen LogP contribution in [0.5, 0.6) is 0 Å². The van der Waals surface area contributed by atoms with Crippen molar-refractivity contribution in [3.05, 3.63) is 12.2 Å². The van der Waals surface area contributed by atoms with Gasteiger partial charge in [-0.15, -0.1) is 0 Å². The second kappa shape index (κ2) is 4.42. The first-order chi connectivity index (χ1) is 6.16. The summed E-state index contributed by atoms with van der Waals surface area (Å²) < 4.78 is 9.78. The Bertz CT molecular complexity index is 202. The van der Waals surface area contributed by atoms with E-state index in [4.69, 9.17) is 4.74 Å². The second-order valence-corrected chi connectivity index (χ2v) is 3.62. The van der Waals surface area contributed by atoms with Gasteiger partial charge in [0.1, 0.15) is 0 Å². The van der Waals surface area contributed by atoms with Crippen LogP contribution >= 0.6 is 0 Å². The van der Waals surface area contributed by atoms with Crippen LogP contribution in [0.3, 0.4) is 0 Å². The van der Waals surface area contributed by atoms with Crippen LogP contribution in [-0.4, -0.2) is 26.3 Å². The zero-order valence-corrected chi connectivity index (χ0v) is 8.21. The maximum atomic E-state index is 10.9. The average molecular weight is 184 g/mol. The van der Waals surface area contributed by atoms with E-state index >= 15 is 0 Å². The SMILES string of the molecule is COC(=O)/C=C/C1(C)CCOCC1. The van der Waals surface area contributed by atoms with E-state index in [9.17, 15) is 4.79 Å². The predicted molar refractivity (Wildman–Crippen MR) is 49.3 cm³/mol. The summed E-state index contributed by atoms with van der Waals surface area (Å²) in [5.41, 5.74) is 0.104. The van der Waals surface area contributed by atoms with Gasteiger partial charge >= 0.3 is 5.97 Å². The molecule has 1 aliphatic rings. The molecule has 0 unspecified atom stereocenters. The van der Waals surface area contributed by atoms with Gasteiger partial charge in [0, 0.05) is 19.3 Å². The Morgan fingerprint density at radius 1 is 1.46 bits per heavy atom. The monoisotopic (exact) mass is 184 g/mol. The smallest absolute Gasteiger partial charge is 0.330 e. The Labute approximate surface area is 78.7 Å². The predicted octanol–water partition coefficient (Wildman–Crippen LogP) is 1.53. The van der Waals surface area contributed by atoms with Crippen molar-refractivity contribution in [3.8, 4) is 0 Å². The first-order valence-electron chi connectivity index (χ1n) is 4.51. The molecule has 74 valence electrons. The van der Waals surface area contributed by atoms with Crippen LogP contribution in [0.4, 0.5) is 0 Å². The van der Waals surface area contributed by atoms with Gasteiger partial charge in [-0.25, -0.2) is 4.79 Å². The van der Waals surface area contributed by atoms with Crippen LogP contribution in [0.25, 0.3) is 0 Å². The molecule has 0 aromatic rings. The van der Waals surface area contributed by atoms with Gasteiger partial charge in [0.2, 0.25) is 0 Å². The molecule has 0 aliphatic carbocycles. The van der Waals surface area contributed by atoms with E-state index in [1.54, 1.807) is 0 Å². The van der Waals surface area contributed by atoms with Crippen molar-refractivity contribution in [3.63, 3.8) is 0 Å². The summed E-state index contributed by atoms with van der Waals surface area (Å²) in [7, 11) is 1.39. The van der Waals surface area contributed by atoms with Crippen LogP contribution in [0.2, 0.25) is 0 Å². The lowest BCUT2D eigenvalue weighted by Gasteiger charge is -2.30. The molecule has 0 amide bonds. The van der Waals surface area contributed by atoms with Crippen LogP contribution in [-0.2, 0) is 14.3 Å². The molecule has 1 rings (SSSR count). The number of esters is 1. The molecule has 0 spiro atoms. The molecule has 0 saturated carbocycles. The third-order valence-electron chi connectivity index (χ3n) is 2.46. The summed E-state index contributed by atoms with van der Waals surface area (Å²) in [6, 6.07) is 0. The van der Waals surface area contributed by atoms with E-state index in [1.807, 2.05) is 6.08 Å². The molecule has 0 aromatic heterocycles. The van der Waals surface area contributed by atoms with Gasteiger partial charge in [0.05, 0.1) is 7.11 Å². The Morgan fingerprint density at radius 3 is 2.62 bits per heavy atom. The standard InChI is InChI=1S/C10H16O3/c1-10(4-3-9(11)12-2)5-7-13-8-6-10/h3-4H,5-8H2,1-2H3/b4-3+. The van der Waals surface area contributed by atoms with E-state index in [2.05, 4.69) is 11.7 Å². The van der Waals surface area contributed by atoms with E-state index in [0.29, 0.717) is 0 Å². The maximum absolute atomic E-state index is 10.9.